The lowest BCUT2D eigenvalue weighted by molar-refractivity contribution is -0.147. The third kappa shape index (κ3) is 4.83. The average molecular weight is 279 g/mol. The lowest BCUT2D eigenvalue weighted by Gasteiger charge is -2.38. The maximum Gasteiger partial charge on any atom is 0.323 e. The fraction of sp³-hybridized carbons (Fsp3) is 0.824. The first-order valence-electron chi connectivity index (χ1n) is 7.73. The van der Waals surface area contributed by atoms with Gasteiger partial charge < -0.3 is 4.74 Å². The molecule has 20 heavy (non-hydrogen) atoms. The molecule has 3 heteroatoms. The molecule has 1 saturated carbocycles. The summed E-state index contributed by atoms with van der Waals surface area (Å²) < 4.78 is 5.18. The second-order valence-corrected chi connectivity index (χ2v) is 6.79. The Hall–Kier alpha value is -1.01. The van der Waals surface area contributed by atoms with Crippen LogP contribution in [0.1, 0.15) is 53.4 Å². The van der Waals surface area contributed by atoms with Gasteiger partial charge in [0, 0.05) is 0 Å². The van der Waals surface area contributed by atoms with Gasteiger partial charge in [-0.05, 0) is 49.9 Å². The molecule has 3 nitrogen and oxygen atoms in total. The molecule has 1 fully saturated rings. The Labute approximate surface area is 123 Å². The number of carbonyl (C=O) groups excluding carboxylic acids is 1. The molecular formula is C17H29NO2. The highest BCUT2D eigenvalue weighted by Crippen LogP contribution is 2.40. The highest BCUT2D eigenvalue weighted by Gasteiger charge is 2.35. The monoisotopic (exact) mass is 279 g/mol. The van der Waals surface area contributed by atoms with Gasteiger partial charge in [-0.2, -0.15) is 0 Å². The van der Waals surface area contributed by atoms with Crippen LogP contribution in [0.3, 0.4) is 0 Å². The normalized spacial score (nSPS) is 24.8. The second kappa shape index (κ2) is 7.69. The van der Waals surface area contributed by atoms with Gasteiger partial charge in [0.25, 0.3) is 0 Å². The van der Waals surface area contributed by atoms with Gasteiger partial charge in [0.1, 0.15) is 6.04 Å². The van der Waals surface area contributed by atoms with Crippen molar-refractivity contribution in [1.82, 2.24) is 5.32 Å². The zero-order valence-corrected chi connectivity index (χ0v) is 13.4. The highest BCUT2D eigenvalue weighted by molar-refractivity contribution is 5.76. The molecule has 0 saturated heterocycles. The lowest BCUT2D eigenvalue weighted by atomic mass is 9.68. The van der Waals surface area contributed by atoms with E-state index in [-0.39, 0.29) is 12.0 Å². The number of rotatable bonds is 5. The van der Waals surface area contributed by atoms with Crippen molar-refractivity contribution in [3.8, 4) is 12.3 Å². The third-order valence-corrected chi connectivity index (χ3v) is 4.43. The molecule has 1 aliphatic rings. The minimum Gasteiger partial charge on any atom is -0.465 e. The topological polar surface area (TPSA) is 38.3 Å². The van der Waals surface area contributed by atoms with Crippen molar-refractivity contribution in [3.63, 3.8) is 0 Å². The average Bonchev–Trinajstić information content (AvgIpc) is 2.39. The number of hydrogen-bond acceptors (Lipinski definition) is 3. The number of hydrogen-bond donors (Lipinski definition) is 1. The maximum absolute atomic E-state index is 12.1. The van der Waals surface area contributed by atoms with Gasteiger partial charge in [-0.25, -0.2) is 0 Å². The van der Waals surface area contributed by atoms with E-state index < -0.39 is 0 Å². The fourth-order valence-electron chi connectivity index (χ4n) is 3.16. The molecule has 1 unspecified atom stereocenters. The third-order valence-electron chi connectivity index (χ3n) is 4.43. The van der Waals surface area contributed by atoms with Gasteiger partial charge in [-0.3, -0.25) is 10.1 Å². The maximum atomic E-state index is 12.1. The van der Waals surface area contributed by atoms with Crippen LogP contribution in [0.2, 0.25) is 0 Å². The largest absolute Gasteiger partial charge is 0.465 e. The summed E-state index contributed by atoms with van der Waals surface area (Å²) in [5.74, 6) is 3.49. The van der Waals surface area contributed by atoms with Crippen LogP contribution in [0.4, 0.5) is 0 Å². The molecule has 1 rings (SSSR count). The number of esters is 1. The van der Waals surface area contributed by atoms with E-state index in [0.717, 1.165) is 18.8 Å². The Morgan fingerprint density at radius 2 is 1.95 bits per heavy atom. The number of terminal acetylenes is 1. The Morgan fingerprint density at radius 3 is 2.40 bits per heavy atom. The van der Waals surface area contributed by atoms with Crippen LogP contribution in [0.15, 0.2) is 0 Å². The van der Waals surface area contributed by atoms with Crippen LogP contribution in [0.25, 0.3) is 0 Å². The van der Waals surface area contributed by atoms with E-state index in [1.165, 1.54) is 12.8 Å². The van der Waals surface area contributed by atoms with Crippen molar-refractivity contribution in [3.05, 3.63) is 0 Å². The summed E-state index contributed by atoms with van der Waals surface area (Å²) >= 11 is 0. The van der Waals surface area contributed by atoms with Crippen molar-refractivity contribution in [2.45, 2.75) is 59.4 Å². The fourth-order valence-corrected chi connectivity index (χ4v) is 3.16. The lowest BCUT2D eigenvalue weighted by Crippen LogP contribution is -2.46. The van der Waals surface area contributed by atoms with Crippen LogP contribution in [-0.2, 0) is 9.53 Å². The molecule has 1 aliphatic carbocycles. The molecule has 1 N–H and O–H groups in total. The van der Waals surface area contributed by atoms with Crippen LogP contribution in [-0.4, -0.2) is 25.2 Å². The molecule has 0 aromatic rings. The molecule has 0 aliphatic heterocycles. The molecular weight excluding hydrogens is 250 g/mol. The zero-order chi connectivity index (χ0) is 15.2. The molecule has 0 amide bonds. The summed E-state index contributed by atoms with van der Waals surface area (Å²) in [4.78, 5) is 12.1. The minimum absolute atomic E-state index is 0.151. The first-order chi connectivity index (χ1) is 9.40. The number of nitrogens with one attached hydrogen (secondary N) is 1. The van der Waals surface area contributed by atoms with E-state index in [0.29, 0.717) is 24.5 Å². The highest BCUT2D eigenvalue weighted by atomic mass is 16.5. The van der Waals surface area contributed by atoms with Crippen LogP contribution >= 0.6 is 0 Å². The first kappa shape index (κ1) is 17.0. The van der Waals surface area contributed by atoms with Gasteiger partial charge in [0.15, 0.2) is 0 Å². The second-order valence-electron chi connectivity index (χ2n) is 6.79. The molecule has 0 spiro atoms. The Balaban J connectivity index is 2.61. The van der Waals surface area contributed by atoms with E-state index >= 15 is 0 Å². The zero-order valence-electron chi connectivity index (χ0n) is 13.4. The molecule has 0 heterocycles. The van der Waals surface area contributed by atoms with E-state index in [4.69, 9.17) is 11.2 Å². The van der Waals surface area contributed by atoms with Crippen LogP contribution in [0.5, 0.6) is 0 Å². The van der Waals surface area contributed by atoms with E-state index in [1.54, 1.807) is 0 Å². The standard InChI is InChI=1S/C17H29NO2/c1-6-12-18-15(16(19)20-7-2)13-8-10-14(11-9-13)17(3,4)5/h1,13-15,18H,7-12H2,2-5H3. The Morgan fingerprint density at radius 1 is 1.35 bits per heavy atom. The Kier molecular flexibility index (Phi) is 6.55. The number of carbonyl (C=O) groups is 1. The first-order valence-corrected chi connectivity index (χ1v) is 7.73. The van der Waals surface area contributed by atoms with Crippen LogP contribution < -0.4 is 5.32 Å². The number of ether oxygens (including phenoxy) is 1. The van der Waals surface area contributed by atoms with Crippen molar-refractivity contribution in [2.75, 3.05) is 13.2 Å². The molecule has 0 aromatic carbocycles. The minimum atomic E-state index is -0.244. The van der Waals surface area contributed by atoms with Gasteiger partial charge in [-0.1, -0.05) is 26.7 Å². The molecule has 0 bridgehead atoms. The van der Waals surface area contributed by atoms with Gasteiger partial charge in [0.2, 0.25) is 0 Å². The molecule has 1 atom stereocenters. The van der Waals surface area contributed by atoms with Gasteiger partial charge >= 0.3 is 5.97 Å². The van der Waals surface area contributed by atoms with E-state index in [9.17, 15) is 4.79 Å². The van der Waals surface area contributed by atoms with Gasteiger partial charge in [-0.15, -0.1) is 6.42 Å². The van der Waals surface area contributed by atoms with Crippen molar-refractivity contribution in [1.29, 1.82) is 0 Å². The SMILES string of the molecule is C#CCNC(C(=O)OCC)C1CCC(C(C)(C)C)CC1. The summed E-state index contributed by atoms with van der Waals surface area (Å²) in [5.41, 5.74) is 0.358. The van der Waals surface area contributed by atoms with Crippen molar-refractivity contribution < 1.29 is 9.53 Å². The van der Waals surface area contributed by atoms with Gasteiger partial charge in [0.05, 0.1) is 13.2 Å². The molecule has 114 valence electrons. The Bertz CT molecular complexity index is 343. The smallest absolute Gasteiger partial charge is 0.323 e. The van der Waals surface area contributed by atoms with E-state index in [2.05, 4.69) is 32.0 Å². The van der Waals surface area contributed by atoms with Crippen molar-refractivity contribution >= 4 is 5.97 Å². The van der Waals surface area contributed by atoms with Crippen LogP contribution in [0, 0.1) is 29.6 Å². The predicted octanol–water partition coefficient (Wildman–Crippen LogP) is 2.99. The summed E-state index contributed by atoms with van der Waals surface area (Å²) in [7, 11) is 0. The predicted molar refractivity (Wildman–Crippen MR) is 82.2 cm³/mol. The summed E-state index contributed by atoms with van der Waals surface area (Å²) in [6, 6.07) is -0.244. The summed E-state index contributed by atoms with van der Waals surface area (Å²) in [5, 5.41) is 3.17. The van der Waals surface area contributed by atoms with E-state index in [1.807, 2.05) is 6.92 Å². The molecule has 0 radical (unpaired) electrons. The summed E-state index contributed by atoms with van der Waals surface area (Å²) in [6.07, 6.45) is 9.80. The quantitative estimate of drug-likeness (QED) is 0.621. The summed E-state index contributed by atoms with van der Waals surface area (Å²) in [6.45, 7) is 9.59. The van der Waals surface area contributed by atoms with Crippen molar-refractivity contribution in [2.24, 2.45) is 17.3 Å². The molecule has 0 aromatic heterocycles.